The Hall–Kier alpha value is -0.640. The number of halogens is 1. The quantitative estimate of drug-likeness (QED) is 0.780. The number of nitrogens with zero attached hydrogens (tertiary/aromatic N) is 1. The van der Waals surface area contributed by atoms with Gasteiger partial charge in [0.2, 0.25) is 0 Å². The third-order valence-corrected chi connectivity index (χ3v) is 3.01. The molecule has 1 aromatic rings. The maximum absolute atomic E-state index is 9.87. The Morgan fingerprint density at radius 3 is 2.88 bits per heavy atom. The predicted octanol–water partition coefficient (Wildman–Crippen LogP) is 2.55. The van der Waals surface area contributed by atoms with Crippen LogP contribution >= 0.6 is 11.6 Å². The standard InChI is InChI=1S/C12H19ClN2O/c1-4-12(3,16)8-15-9(2)10-5-6-14-11(13)7-10/h5-7,9,15-16H,4,8H2,1-3H3. The van der Waals surface area contributed by atoms with Crippen LogP contribution in [0, 0.1) is 0 Å². The predicted molar refractivity (Wildman–Crippen MR) is 66.6 cm³/mol. The highest BCUT2D eigenvalue weighted by Crippen LogP contribution is 2.16. The Bertz CT molecular complexity index is 342. The van der Waals surface area contributed by atoms with Crippen LogP contribution in [0.3, 0.4) is 0 Å². The van der Waals surface area contributed by atoms with E-state index < -0.39 is 5.60 Å². The maximum Gasteiger partial charge on any atom is 0.129 e. The molecule has 3 nitrogen and oxygen atoms in total. The summed E-state index contributed by atoms with van der Waals surface area (Å²) in [5, 5.41) is 13.6. The topological polar surface area (TPSA) is 45.1 Å². The van der Waals surface area contributed by atoms with Crippen molar-refractivity contribution in [2.45, 2.75) is 38.8 Å². The molecule has 0 saturated carbocycles. The van der Waals surface area contributed by atoms with Gasteiger partial charge in [0.15, 0.2) is 0 Å². The van der Waals surface area contributed by atoms with Crippen LogP contribution in [0.1, 0.15) is 38.8 Å². The molecule has 0 amide bonds. The van der Waals surface area contributed by atoms with Crippen molar-refractivity contribution in [3.05, 3.63) is 29.0 Å². The second-order valence-corrected chi connectivity index (χ2v) is 4.75. The number of hydrogen-bond donors (Lipinski definition) is 2. The summed E-state index contributed by atoms with van der Waals surface area (Å²) in [5.41, 5.74) is 0.414. The van der Waals surface area contributed by atoms with Gasteiger partial charge < -0.3 is 10.4 Å². The summed E-state index contributed by atoms with van der Waals surface area (Å²) in [6, 6.07) is 3.91. The zero-order valence-electron chi connectivity index (χ0n) is 10.00. The summed E-state index contributed by atoms with van der Waals surface area (Å²) >= 11 is 5.82. The van der Waals surface area contributed by atoms with E-state index in [0.29, 0.717) is 11.7 Å². The molecule has 0 aliphatic carbocycles. The van der Waals surface area contributed by atoms with Crippen molar-refractivity contribution in [1.29, 1.82) is 0 Å². The van der Waals surface area contributed by atoms with Crippen LogP contribution in [0.15, 0.2) is 18.3 Å². The van der Waals surface area contributed by atoms with Crippen molar-refractivity contribution in [2.75, 3.05) is 6.54 Å². The average molecular weight is 243 g/mol. The molecule has 90 valence electrons. The molecule has 1 heterocycles. The minimum atomic E-state index is -0.662. The molecule has 0 aliphatic rings. The summed E-state index contributed by atoms with van der Waals surface area (Å²) in [5.74, 6) is 0. The molecule has 2 N–H and O–H groups in total. The lowest BCUT2D eigenvalue weighted by atomic mass is 10.0. The average Bonchev–Trinajstić information content (AvgIpc) is 2.26. The van der Waals surface area contributed by atoms with Gasteiger partial charge in [-0.1, -0.05) is 18.5 Å². The molecule has 0 aliphatic heterocycles. The normalized spacial score (nSPS) is 16.8. The van der Waals surface area contributed by atoms with Crippen LogP contribution < -0.4 is 5.32 Å². The molecule has 0 spiro atoms. The van der Waals surface area contributed by atoms with Gasteiger partial charge in [-0.2, -0.15) is 0 Å². The van der Waals surface area contributed by atoms with Crippen molar-refractivity contribution in [1.82, 2.24) is 10.3 Å². The van der Waals surface area contributed by atoms with Gasteiger partial charge in [0.05, 0.1) is 5.60 Å². The first kappa shape index (κ1) is 13.4. The molecule has 0 fully saturated rings. The summed E-state index contributed by atoms with van der Waals surface area (Å²) in [6.07, 6.45) is 2.41. The Balaban J connectivity index is 2.56. The van der Waals surface area contributed by atoms with Gasteiger partial charge in [-0.3, -0.25) is 0 Å². The molecule has 1 rings (SSSR count). The molecule has 2 unspecified atom stereocenters. The van der Waals surface area contributed by atoms with Crippen LogP contribution in [0.5, 0.6) is 0 Å². The van der Waals surface area contributed by atoms with Crippen molar-refractivity contribution < 1.29 is 5.11 Å². The SMILES string of the molecule is CCC(C)(O)CNC(C)c1ccnc(Cl)c1. The van der Waals surface area contributed by atoms with Crippen LogP contribution in [-0.2, 0) is 0 Å². The van der Waals surface area contributed by atoms with E-state index in [1.54, 1.807) is 6.20 Å². The first-order valence-corrected chi connectivity index (χ1v) is 5.89. The van der Waals surface area contributed by atoms with E-state index in [1.807, 2.05) is 32.9 Å². The minimum absolute atomic E-state index is 0.151. The Morgan fingerprint density at radius 2 is 2.31 bits per heavy atom. The maximum atomic E-state index is 9.87. The summed E-state index contributed by atoms with van der Waals surface area (Å²) in [4.78, 5) is 3.94. The lowest BCUT2D eigenvalue weighted by Crippen LogP contribution is -2.38. The highest BCUT2D eigenvalue weighted by atomic mass is 35.5. The van der Waals surface area contributed by atoms with Crippen molar-refractivity contribution in [3.8, 4) is 0 Å². The Kier molecular flexibility index (Phi) is 4.71. The van der Waals surface area contributed by atoms with Crippen LogP contribution in [0.2, 0.25) is 5.15 Å². The lowest BCUT2D eigenvalue weighted by molar-refractivity contribution is 0.0533. The molecule has 1 aromatic heterocycles. The third kappa shape index (κ3) is 4.08. The smallest absolute Gasteiger partial charge is 0.129 e. The molecule has 4 heteroatoms. The van der Waals surface area contributed by atoms with E-state index in [0.717, 1.165) is 12.0 Å². The number of rotatable bonds is 5. The van der Waals surface area contributed by atoms with Crippen molar-refractivity contribution >= 4 is 11.6 Å². The molecule has 0 bridgehead atoms. The van der Waals surface area contributed by atoms with E-state index in [-0.39, 0.29) is 6.04 Å². The minimum Gasteiger partial charge on any atom is -0.389 e. The zero-order valence-corrected chi connectivity index (χ0v) is 10.8. The Labute approximate surface area is 102 Å². The summed E-state index contributed by atoms with van der Waals surface area (Å²) in [7, 11) is 0. The van der Waals surface area contributed by atoms with Gasteiger partial charge in [0, 0.05) is 18.8 Å². The second kappa shape index (κ2) is 5.62. The van der Waals surface area contributed by atoms with Gasteiger partial charge in [-0.05, 0) is 38.0 Å². The van der Waals surface area contributed by atoms with Gasteiger partial charge >= 0.3 is 0 Å². The van der Waals surface area contributed by atoms with E-state index in [2.05, 4.69) is 10.3 Å². The number of nitrogens with one attached hydrogen (secondary N) is 1. The van der Waals surface area contributed by atoms with E-state index in [1.165, 1.54) is 0 Å². The van der Waals surface area contributed by atoms with E-state index in [9.17, 15) is 5.11 Å². The monoisotopic (exact) mass is 242 g/mol. The van der Waals surface area contributed by atoms with Gasteiger partial charge in [-0.15, -0.1) is 0 Å². The molecular formula is C12H19ClN2O. The van der Waals surface area contributed by atoms with Crippen LogP contribution in [0.4, 0.5) is 0 Å². The fraction of sp³-hybridized carbons (Fsp3) is 0.583. The molecule has 0 radical (unpaired) electrons. The van der Waals surface area contributed by atoms with E-state index >= 15 is 0 Å². The zero-order chi connectivity index (χ0) is 12.2. The summed E-state index contributed by atoms with van der Waals surface area (Å²) < 4.78 is 0. The van der Waals surface area contributed by atoms with Crippen molar-refractivity contribution in [2.24, 2.45) is 0 Å². The molecule has 16 heavy (non-hydrogen) atoms. The molecular weight excluding hydrogens is 224 g/mol. The first-order valence-electron chi connectivity index (χ1n) is 5.52. The summed E-state index contributed by atoms with van der Waals surface area (Å²) in [6.45, 7) is 6.39. The largest absolute Gasteiger partial charge is 0.389 e. The highest BCUT2D eigenvalue weighted by Gasteiger charge is 2.18. The van der Waals surface area contributed by atoms with Gasteiger partial charge in [0.25, 0.3) is 0 Å². The van der Waals surface area contributed by atoms with Gasteiger partial charge in [0.1, 0.15) is 5.15 Å². The van der Waals surface area contributed by atoms with Crippen LogP contribution in [0.25, 0.3) is 0 Å². The molecule has 0 aromatic carbocycles. The second-order valence-electron chi connectivity index (χ2n) is 4.36. The first-order chi connectivity index (χ1) is 7.44. The number of aliphatic hydroxyl groups is 1. The Morgan fingerprint density at radius 1 is 1.62 bits per heavy atom. The molecule has 0 saturated heterocycles. The third-order valence-electron chi connectivity index (χ3n) is 2.80. The number of pyridine rings is 1. The number of hydrogen-bond acceptors (Lipinski definition) is 3. The highest BCUT2D eigenvalue weighted by molar-refractivity contribution is 6.29. The fourth-order valence-electron chi connectivity index (χ4n) is 1.30. The van der Waals surface area contributed by atoms with Crippen LogP contribution in [-0.4, -0.2) is 22.2 Å². The van der Waals surface area contributed by atoms with E-state index in [4.69, 9.17) is 11.6 Å². The number of aromatic nitrogens is 1. The van der Waals surface area contributed by atoms with Crippen molar-refractivity contribution in [3.63, 3.8) is 0 Å². The van der Waals surface area contributed by atoms with Gasteiger partial charge in [-0.25, -0.2) is 4.98 Å². The fourth-order valence-corrected chi connectivity index (χ4v) is 1.48. The molecule has 2 atom stereocenters. The lowest BCUT2D eigenvalue weighted by Gasteiger charge is -2.24.